The highest BCUT2D eigenvalue weighted by molar-refractivity contribution is 5.75. The average Bonchev–Trinajstić information content (AvgIpc) is 2.51. The minimum absolute atomic E-state index is 0.0479. The first-order valence-corrected chi connectivity index (χ1v) is 8.11. The van der Waals surface area contributed by atoms with Gasteiger partial charge in [-0.25, -0.2) is 4.79 Å². The molecule has 1 saturated carbocycles. The quantitative estimate of drug-likeness (QED) is 0.930. The fourth-order valence-corrected chi connectivity index (χ4v) is 3.09. The van der Waals surface area contributed by atoms with Crippen LogP contribution in [-0.2, 0) is 0 Å². The van der Waals surface area contributed by atoms with E-state index in [1.165, 1.54) is 19.3 Å². The van der Waals surface area contributed by atoms with Gasteiger partial charge in [-0.1, -0.05) is 31.4 Å². The van der Waals surface area contributed by atoms with Gasteiger partial charge in [-0.2, -0.15) is 0 Å². The first kappa shape index (κ1) is 15.0. The monoisotopic (exact) mass is 304 g/mol. The van der Waals surface area contributed by atoms with E-state index in [1.807, 2.05) is 29.2 Å². The molecule has 5 heteroatoms. The van der Waals surface area contributed by atoms with Crippen molar-refractivity contribution in [2.45, 2.75) is 44.2 Å². The molecule has 2 amide bonds. The van der Waals surface area contributed by atoms with Gasteiger partial charge in [0.1, 0.15) is 6.10 Å². The summed E-state index contributed by atoms with van der Waals surface area (Å²) in [5, 5.41) is 3.13. The predicted molar refractivity (Wildman–Crippen MR) is 84.4 cm³/mol. The topological polar surface area (TPSA) is 50.8 Å². The Labute approximate surface area is 131 Å². The van der Waals surface area contributed by atoms with Gasteiger partial charge in [0.05, 0.1) is 20.2 Å². The summed E-state index contributed by atoms with van der Waals surface area (Å²) in [6.07, 6.45) is 6.02. The van der Waals surface area contributed by atoms with Gasteiger partial charge in [0.25, 0.3) is 0 Å². The molecule has 0 unspecified atom stereocenters. The second-order valence-corrected chi connectivity index (χ2v) is 6.08. The zero-order chi connectivity index (χ0) is 15.4. The second-order valence-electron chi connectivity index (χ2n) is 6.08. The summed E-state index contributed by atoms with van der Waals surface area (Å²) >= 11 is 0. The van der Waals surface area contributed by atoms with Crippen molar-refractivity contribution in [2.24, 2.45) is 0 Å². The highest BCUT2D eigenvalue weighted by atomic mass is 16.5. The van der Waals surface area contributed by atoms with Crippen LogP contribution in [0.4, 0.5) is 4.79 Å². The van der Waals surface area contributed by atoms with Crippen LogP contribution in [0.2, 0.25) is 0 Å². The number of ether oxygens (including phenoxy) is 2. The molecule has 2 aliphatic rings. The van der Waals surface area contributed by atoms with Crippen LogP contribution in [-0.4, -0.2) is 43.3 Å². The molecule has 1 aliphatic carbocycles. The summed E-state index contributed by atoms with van der Waals surface area (Å²) < 4.78 is 11.2. The van der Waals surface area contributed by atoms with Crippen LogP contribution in [0.25, 0.3) is 0 Å². The van der Waals surface area contributed by atoms with Crippen molar-refractivity contribution in [2.75, 3.05) is 20.2 Å². The van der Waals surface area contributed by atoms with E-state index in [0.29, 0.717) is 19.1 Å². The molecular weight excluding hydrogens is 280 g/mol. The van der Waals surface area contributed by atoms with Crippen molar-refractivity contribution in [1.82, 2.24) is 10.2 Å². The number of nitrogens with one attached hydrogen (secondary N) is 1. The van der Waals surface area contributed by atoms with E-state index in [9.17, 15) is 4.79 Å². The van der Waals surface area contributed by atoms with E-state index in [1.54, 1.807) is 7.11 Å². The average molecular weight is 304 g/mol. The predicted octanol–water partition coefficient (Wildman–Crippen LogP) is 2.80. The number of methoxy groups -OCH3 is 1. The molecule has 2 fully saturated rings. The molecular formula is C17H24N2O3. The van der Waals surface area contributed by atoms with Gasteiger partial charge in [-0.05, 0) is 25.0 Å². The molecule has 3 rings (SSSR count). The fourth-order valence-electron chi connectivity index (χ4n) is 3.09. The fraction of sp³-hybridized carbons (Fsp3) is 0.588. The van der Waals surface area contributed by atoms with Crippen LogP contribution in [0.5, 0.6) is 11.5 Å². The Hall–Kier alpha value is -1.91. The molecule has 1 N–H and O–H groups in total. The van der Waals surface area contributed by atoms with Crippen LogP contribution in [0.15, 0.2) is 24.3 Å². The molecule has 120 valence electrons. The molecule has 1 aliphatic heterocycles. The van der Waals surface area contributed by atoms with Gasteiger partial charge in [0.2, 0.25) is 0 Å². The highest BCUT2D eigenvalue weighted by Gasteiger charge is 2.33. The molecule has 22 heavy (non-hydrogen) atoms. The Morgan fingerprint density at radius 2 is 1.82 bits per heavy atom. The van der Waals surface area contributed by atoms with Gasteiger partial charge >= 0.3 is 6.03 Å². The molecule has 0 spiro atoms. The van der Waals surface area contributed by atoms with Crippen molar-refractivity contribution in [3.05, 3.63) is 24.3 Å². The third kappa shape index (κ3) is 3.46. The Morgan fingerprint density at radius 3 is 2.50 bits per heavy atom. The lowest BCUT2D eigenvalue weighted by Crippen LogP contribution is -2.60. The Balaban J connectivity index is 1.44. The van der Waals surface area contributed by atoms with Crippen molar-refractivity contribution < 1.29 is 14.3 Å². The normalized spacial score (nSPS) is 19.4. The SMILES string of the molecule is COc1ccccc1OC1CN(C(=O)NC2CCCCC2)C1. The number of hydrogen-bond donors (Lipinski definition) is 1. The van der Waals surface area contributed by atoms with Crippen molar-refractivity contribution in [1.29, 1.82) is 0 Å². The minimum Gasteiger partial charge on any atom is -0.493 e. The van der Waals surface area contributed by atoms with E-state index in [2.05, 4.69) is 5.32 Å². The number of para-hydroxylation sites is 2. The van der Waals surface area contributed by atoms with Crippen molar-refractivity contribution in [3.8, 4) is 11.5 Å². The van der Waals surface area contributed by atoms with Crippen LogP contribution in [0.3, 0.4) is 0 Å². The molecule has 1 aromatic carbocycles. The Bertz CT molecular complexity index is 508. The van der Waals surface area contributed by atoms with Gasteiger partial charge in [0.15, 0.2) is 11.5 Å². The lowest BCUT2D eigenvalue weighted by Gasteiger charge is -2.40. The summed E-state index contributed by atoms with van der Waals surface area (Å²) in [7, 11) is 1.63. The Morgan fingerprint density at radius 1 is 1.14 bits per heavy atom. The molecule has 0 radical (unpaired) electrons. The van der Waals surface area contributed by atoms with Crippen LogP contribution in [0, 0.1) is 0 Å². The van der Waals surface area contributed by atoms with E-state index in [-0.39, 0.29) is 12.1 Å². The summed E-state index contributed by atoms with van der Waals surface area (Å²) in [6.45, 7) is 1.27. The molecule has 0 atom stereocenters. The van der Waals surface area contributed by atoms with E-state index >= 15 is 0 Å². The summed E-state index contributed by atoms with van der Waals surface area (Å²) in [6, 6.07) is 8.01. The first-order chi connectivity index (χ1) is 10.8. The van der Waals surface area contributed by atoms with Crippen molar-refractivity contribution >= 4 is 6.03 Å². The first-order valence-electron chi connectivity index (χ1n) is 8.11. The van der Waals surface area contributed by atoms with E-state index in [4.69, 9.17) is 9.47 Å². The maximum Gasteiger partial charge on any atom is 0.317 e. The maximum atomic E-state index is 12.1. The highest BCUT2D eigenvalue weighted by Crippen LogP contribution is 2.28. The summed E-state index contributed by atoms with van der Waals surface area (Å²) in [5.41, 5.74) is 0. The van der Waals surface area contributed by atoms with E-state index in [0.717, 1.165) is 24.3 Å². The standard InChI is InChI=1S/C17H24N2O3/c1-21-15-9-5-6-10-16(15)22-14-11-19(12-14)17(20)18-13-7-3-2-4-8-13/h5-6,9-10,13-14H,2-4,7-8,11-12H2,1H3,(H,18,20). The summed E-state index contributed by atoms with van der Waals surface area (Å²) in [5.74, 6) is 1.47. The smallest absolute Gasteiger partial charge is 0.317 e. The van der Waals surface area contributed by atoms with Gasteiger partial charge in [0, 0.05) is 6.04 Å². The maximum absolute atomic E-state index is 12.1. The number of hydrogen-bond acceptors (Lipinski definition) is 3. The number of likely N-dealkylation sites (tertiary alicyclic amines) is 1. The lowest BCUT2D eigenvalue weighted by atomic mass is 9.95. The number of amides is 2. The Kier molecular flexibility index (Phi) is 4.71. The second kappa shape index (κ2) is 6.90. The zero-order valence-corrected chi connectivity index (χ0v) is 13.1. The van der Waals surface area contributed by atoms with Gasteiger partial charge < -0.3 is 19.7 Å². The number of benzene rings is 1. The zero-order valence-electron chi connectivity index (χ0n) is 13.1. The third-order valence-electron chi connectivity index (χ3n) is 4.43. The van der Waals surface area contributed by atoms with Crippen LogP contribution < -0.4 is 14.8 Å². The molecule has 1 heterocycles. The van der Waals surface area contributed by atoms with Gasteiger partial charge in [-0.3, -0.25) is 0 Å². The third-order valence-corrected chi connectivity index (χ3v) is 4.43. The van der Waals surface area contributed by atoms with E-state index < -0.39 is 0 Å². The summed E-state index contributed by atoms with van der Waals surface area (Å²) in [4.78, 5) is 14.0. The molecule has 0 aromatic heterocycles. The molecule has 5 nitrogen and oxygen atoms in total. The minimum atomic E-state index is 0.0479. The van der Waals surface area contributed by atoms with Crippen LogP contribution in [0.1, 0.15) is 32.1 Å². The number of nitrogens with zero attached hydrogens (tertiary/aromatic N) is 1. The molecule has 1 saturated heterocycles. The number of rotatable bonds is 4. The van der Waals surface area contributed by atoms with Gasteiger partial charge in [-0.15, -0.1) is 0 Å². The number of urea groups is 1. The lowest BCUT2D eigenvalue weighted by molar-refractivity contribution is 0.0412. The number of carbonyl (C=O) groups is 1. The molecule has 0 bridgehead atoms. The molecule has 1 aromatic rings. The largest absolute Gasteiger partial charge is 0.493 e. The van der Waals surface area contributed by atoms with Crippen LogP contribution >= 0.6 is 0 Å². The number of carbonyl (C=O) groups excluding carboxylic acids is 1. The van der Waals surface area contributed by atoms with Crippen molar-refractivity contribution in [3.63, 3.8) is 0 Å².